The van der Waals surface area contributed by atoms with Gasteiger partial charge < -0.3 is 20.5 Å². The molecule has 0 fully saturated rings. The van der Waals surface area contributed by atoms with Crippen molar-refractivity contribution in [2.24, 2.45) is 0 Å². The predicted molar refractivity (Wildman–Crippen MR) is 134 cm³/mol. The number of allylic oxidation sites excluding steroid dienone is 1. The molecule has 0 aliphatic carbocycles. The minimum atomic E-state index is -0.384. The predicted octanol–water partition coefficient (Wildman–Crippen LogP) is 4.09. The molecule has 178 valence electrons. The Hall–Kier alpha value is -4.12. The van der Waals surface area contributed by atoms with Crippen molar-refractivity contribution in [3.63, 3.8) is 0 Å². The number of para-hydroxylation sites is 2. The normalized spacial score (nSPS) is 14.5. The van der Waals surface area contributed by atoms with E-state index < -0.39 is 0 Å². The Bertz CT molecular complexity index is 1340. The van der Waals surface area contributed by atoms with Crippen molar-refractivity contribution in [3.8, 4) is 11.5 Å². The SMILES string of the molecule is C=CCn1c(SCc2nc(N)nc(Nc3ccc(C)cc3)n2)nnc1C1COc2ccccc2O1. The first-order chi connectivity index (χ1) is 17.1. The lowest BCUT2D eigenvalue weighted by molar-refractivity contribution is 0.0821. The average molecular weight is 489 g/mol. The van der Waals surface area contributed by atoms with Crippen LogP contribution in [-0.4, -0.2) is 36.3 Å². The molecule has 2 aromatic heterocycles. The minimum Gasteiger partial charge on any atom is -0.485 e. The Balaban J connectivity index is 1.32. The molecule has 10 nitrogen and oxygen atoms in total. The molecule has 1 aliphatic rings. The van der Waals surface area contributed by atoms with Gasteiger partial charge in [0.25, 0.3) is 0 Å². The number of nitrogens with two attached hydrogens (primary N) is 1. The summed E-state index contributed by atoms with van der Waals surface area (Å²) in [5.41, 5.74) is 7.97. The number of nitrogens with zero attached hydrogens (tertiary/aromatic N) is 6. The summed E-state index contributed by atoms with van der Waals surface area (Å²) in [5.74, 6) is 3.55. The van der Waals surface area contributed by atoms with Crippen LogP contribution >= 0.6 is 11.8 Å². The number of benzene rings is 2. The van der Waals surface area contributed by atoms with Crippen molar-refractivity contribution in [2.45, 2.75) is 30.5 Å². The molecule has 0 spiro atoms. The molecular weight excluding hydrogens is 464 g/mol. The number of rotatable bonds is 8. The number of thioether (sulfide) groups is 1. The third-order valence-corrected chi connectivity index (χ3v) is 6.15. The average Bonchev–Trinajstić information content (AvgIpc) is 3.26. The lowest BCUT2D eigenvalue weighted by Crippen LogP contribution is -2.25. The van der Waals surface area contributed by atoms with Crippen LogP contribution in [0.2, 0.25) is 0 Å². The second kappa shape index (κ2) is 10.0. The minimum absolute atomic E-state index is 0.143. The van der Waals surface area contributed by atoms with E-state index in [1.165, 1.54) is 17.3 Å². The van der Waals surface area contributed by atoms with Crippen LogP contribution in [0.4, 0.5) is 17.6 Å². The van der Waals surface area contributed by atoms with E-state index in [0.29, 0.717) is 47.4 Å². The topological polar surface area (TPSA) is 126 Å². The molecule has 11 heteroatoms. The van der Waals surface area contributed by atoms with E-state index in [1.807, 2.05) is 60.0 Å². The van der Waals surface area contributed by atoms with Crippen molar-refractivity contribution in [1.82, 2.24) is 29.7 Å². The maximum atomic E-state index is 6.13. The number of aromatic nitrogens is 6. The molecule has 3 N–H and O–H groups in total. The molecule has 1 unspecified atom stereocenters. The molecule has 35 heavy (non-hydrogen) atoms. The summed E-state index contributed by atoms with van der Waals surface area (Å²) in [5, 5.41) is 12.6. The van der Waals surface area contributed by atoms with Gasteiger partial charge >= 0.3 is 0 Å². The number of anilines is 3. The van der Waals surface area contributed by atoms with Crippen LogP contribution in [0.5, 0.6) is 11.5 Å². The number of aryl methyl sites for hydroxylation is 1. The number of hydrogen-bond donors (Lipinski definition) is 2. The molecule has 1 atom stereocenters. The molecule has 0 amide bonds. The van der Waals surface area contributed by atoms with Gasteiger partial charge in [-0.25, -0.2) is 0 Å². The van der Waals surface area contributed by atoms with Gasteiger partial charge in [0.05, 0.1) is 5.75 Å². The molecule has 0 saturated heterocycles. The molecule has 3 heterocycles. The number of ether oxygens (including phenoxy) is 2. The van der Waals surface area contributed by atoms with Gasteiger partial charge in [0.1, 0.15) is 12.4 Å². The number of fused-ring (bicyclic) bond motifs is 1. The quantitative estimate of drug-likeness (QED) is 0.277. The van der Waals surface area contributed by atoms with Gasteiger partial charge in [-0.3, -0.25) is 4.57 Å². The van der Waals surface area contributed by atoms with Crippen LogP contribution in [0.1, 0.15) is 23.3 Å². The molecular formula is C24H24N8O2S. The van der Waals surface area contributed by atoms with E-state index in [4.69, 9.17) is 15.2 Å². The van der Waals surface area contributed by atoms with Gasteiger partial charge in [-0.15, -0.1) is 16.8 Å². The van der Waals surface area contributed by atoms with Crippen LogP contribution in [0, 0.1) is 6.92 Å². The summed E-state index contributed by atoms with van der Waals surface area (Å²) in [6, 6.07) is 15.5. The summed E-state index contributed by atoms with van der Waals surface area (Å²) in [6.45, 7) is 6.76. The highest BCUT2D eigenvalue weighted by Crippen LogP contribution is 2.36. The van der Waals surface area contributed by atoms with Crippen LogP contribution in [0.25, 0.3) is 0 Å². The fourth-order valence-electron chi connectivity index (χ4n) is 3.55. The summed E-state index contributed by atoms with van der Waals surface area (Å²) in [7, 11) is 0. The third-order valence-electron chi connectivity index (χ3n) is 5.19. The first-order valence-electron chi connectivity index (χ1n) is 11.0. The summed E-state index contributed by atoms with van der Waals surface area (Å²) in [4.78, 5) is 13.0. The van der Waals surface area contributed by atoms with Crippen molar-refractivity contribution in [2.75, 3.05) is 17.7 Å². The van der Waals surface area contributed by atoms with Crippen LogP contribution in [-0.2, 0) is 12.3 Å². The zero-order valence-electron chi connectivity index (χ0n) is 19.1. The second-order valence-electron chi connectivity index (χ2n) is 7.82. The molecule has 2 aromatic carbocycles. The van der Waals surface area contributed by atoms with E-state index in [0.717, 1.165) is 11.4 Å². The summed E-state index contributed by atoms with van der Waals surface area (Å²) < 4.78 is 13.9. The first kappa shape index (κ1) is 22.7. The largest absolute Gasteiger partial charge is 0.485 e. The van der Waals surface area contributed by atoms with Crippen LogP contribution in [0.3, 0.4) is 0 Å². The monoisotopic (exact) mass is 488 g/mol. The zero-order valence-corrected chi connectivity index (χ0v) is 19.9. The lowest BCUT2D eigenvalue weighted by Gasteiger charge is -2.26. The molecule has 0 saturated carbocycles. The van der Waals surface area contributed by atoms with E-state index in [2.05, 4.69) is 37.0 Å². The van der Waals surface area contributed by atoms with Crippen molar-refractivity contribution in [3.05, 3.63) is 78.4 Å². The Morgan fingerprint density at radius 3 is 2.71 bits per heavy atom. The van der Waals surface area contributed by atoms with Gasteiger partial charge in [-0.2, -0.15) is 15.0 Å². The lowest BCUT2D eigenvalue weighted by atomic mass is 10.2. The molecule has 1 aliphatic heterocycles. The maximum Gasteiger partial charge on any atom is 0.232 e. The molecule has 4 aromatic rings. The number of nitrogens with one attached hydrogen (secondary N) is 1. The van der Waals surface area contributed by atoms with Crippen molar-refractivity contribution >= 4 is 29.3 Å². The Labute approximate surface area is 206 Å². The zero-order chi connectivity index (χ0) is 24.2. The standard InChI is InChI=1S/C24H24N8O2S/c1-3-12-32-21(19-13-33-17-6-4-5-7-18(17)34-19)30-31-24(32)35-14-20-27-22(25)29-23(28-20)26-16-10-8-15(2)9-11-16/h3-11,19H,1,12-14H2,2H3,(H3,25,26,27,28,29). The fourth-order valence-corrected chi connectivity index (χ4v) is 4.36. The van der Waals surface area contributed by atoms with Gasteiger partial charge in [0, 0.05) is 12.2 Å². The smallest absolute Gasteiger partial charge is 0.232 e. The summed E-state index contributed by atoms with van der Waals surface area (Å²) >= 11 is 1.45. The highest BCUT2D eigenvalue weighted by Gasteiger charge is 2.28. The van der Waals surface area contributed by atoms with Gasteiger partial charge in [0.15, 0.2) is 28.6 Å². The van der Waals surface area contributed by atoms with Crippen molar-refractivity contribution < 1.29 is 9.47 Å². The third kappa shape index (κ3) is 5.19. The number of nitrogen functional groups attached to an aromatic ring is 1. The van der Waals surface area contributed by atoms with Crippen LogP contribution in [0.15, 0.2) is 66.3 Å². The first-order valence-corrected chi connectivity index (χ1v) is 12.0. The van der Waals surface area contributed by atoms with Gasteiger partial charge in [-0.1, -0.05) is 47.7 Å². The van der Waals surface area contributed by atoms with E-state index in [-0.39, 0.29) is 12.1 Å². The van der Waals surface area contributed by atoms with Gasteiger partial charge in [0.2, 0.25) is 11.9 Å². The second-order valence-corrected chi connectivity index (χ2v) is 8.76. The van der Waals surface area contributed by atoms with Gasteiger partial charge in [-0.05, 0) is 31.2 Å². The van der Waals surface area contributed by atoms with E-state index in [9.17, 15) is 0 Å². The van der Waals surface area contributed by atoms with Crippen LogP contribution < -0.4 is 20.5 Å². The maximum absolute atomic E-state index is 6.13. The number of hydrogen-bond acceptors (Lipinski definition) is 10. The Morgan fingerprint density at radius 1 is 1.11 bits per heavy atom. The molecule has 0 bridgehead atoms. The van der Waals surface area contributed by atoms with Crippen molar-refractivity contribution in [1.29, 1.82) is 0 Å². The molecule has 5 rings (SSSR count). The summed E-state index contributed by atoms with van der Waals surface area (Å²) in [6.07, 6.45) is 1.41. The fraction of sp³-hybridized carbons (Fsp3) is 0.208. The Kier molecular flexibility index (Phi) is 6.49. The highest BCUT2D eigenvalue weighted by atomic mass is 32.2. The Morgan fingerprint density at radius 2 is 1.91 bits per heavy atom. The van der Waals surface area contributed by atoms with E-state index in [1.54, 1.807) is 6.08 Å². The molecule has 0 radical (unpaired) electrons. The van der Waals surface area contributed by atoms with E-state index >= 15 is 0 Å². The highest BCUT2D eigenvalue weighted by molar-refractivity contribution is 7.98.